The van der Waals surface area contributed by atoms with Gasteiger partial charge in [0.2, 0.25) is 0 Å². The maximum absolute atomic E-state index is 12.4. The van der Waals surface area contributed by atoms with E-state index in [1.54, 1.807) is 59.1 Å². The van der Waals surface area contributed by atoms with Gasteiger partial charge in [0.15, 0.2) is 6.61 Å². The highest BCUT2D eigenvalue weighted by Crippen LogP contribution is 2.13. The number of aryl methyl sites for hydroxylation is 1. The molecule has 1 aromatic heterocycles. The number of aromatic nitrogens is 1. The van der Waals surface area contributed by atoms with Gasteiger partial charge in [0, 0.05) is 37.6 Å². The van der Waals surface area contributed by atoms with E-state index in [4.69, 9.17) is 4.74 Å². The van der Waals surface area contributed by atoms with Crippen LogP contribution in [0.5, 0.6) is 0 Å². The van der Waals surface area contributed by atoms with Crippen LogP contribution < -0.4 is 5.32 Å². The van der Waals surface area contributed by atoms with Crippen LogP contribution in [0, 0.1) is 0 Å². The number of hydrogen-bond acceptors (Lipinski definition) is 4. The molecule has 2 amide bonds. The number of benzene rings is 1. The maximum Gasteiger partial charge on any atom is 0.355 e. The molecule has 7 heteroatoms. The van der Waals surface area contributed by atoms with Gasteiger partial charge in [-0.1, -0.05) is 6.07 Å². The number of ether oxygens (including phenoxy) is 1. The van der Waals surface area contributed by atoms with Gasteiger partial charge < -0.3 is 19.5 Å². The third kappa shape index (κ3) is 4.72. The van der Waals surface area contributed by atoms with Crippen molar-refractivity contribution in [2.24, 2.45) is 7.05 Å². The fourth-order valence-corrected chi connectivity index (χ4v) is 2.50. The largest absolute Gasteiger partial charge is 0.451 e. The Kier molecular flexibility index (Phi) is 6.54. The number of amides is 2. The van der Waals surface area contributed by atoms with Gasteiger partial charge in [-0.15, -0.1) is 0 Å². The molecule has 0 unspecified atom stereocenters. The van der Waals surface area contributed by atoms with Crippen LogP contribution in [0.1, 0.15) is 34.7 Å². The monoisotopic (exact) mass is 357 g/mol. The molecule has 138 valence electrons. The summed E-state index contributed by atoms with van der Waals surface area (Å²) >= 11 is 0. The molecule has 0 fully saturated rings. The van der Waals surface area contributed by atoms with Crippen LogP contribution in [0.4, 0.5) is 5.69 Å². The van der Waals surface area contributed by atoms with Crippen LogP contribution >= 0.6 is 0 Å². The van der Waals surface area contributed by atoms with Gasteiger partial charge in [0.05, 0.1) is 0 Å². The van der Waals surface area contributed by atoms with E-state index in [-0.39, 0.29) is 5.91 Å². The number of nitrogens with one attached hydrogen (secondary N) is 1. The second kappa shape index (κ2) is 8.84. The highest BCUT2D eigenvalue weighted by Gasteiger charge is 2.15. The van der Waals surface area contributed by atoms with E-state index in [1.807, 2.05) is 13.8 Å². The van der Waals surface area contributed by atoms with Crippen molar-refractivity contribution in [2.45, 2.75) is 13.8 Å². The van der Waals surface area contributed by atoms with Crippen molar-refractivity contribution in [3.63, 3.8) is 0 Å². The molecule has 2 aromatic rings. The third-order valence-corrected chi connectivity index (χ3v) is 3.93. The predicted molar refractivity (Wildman–Crippen MR) is 98.0 cm³/mol. The molecule has 0 atom stereocenters. The van der Waals surface area contributed by atoms with Crippen LogP contribution in [0.25, 0.3) is 0 Å². The minimum absolute atomic E-state index is 0.0961. The average molecular weight is 357 g/mol. The summed E-state index contributed by atoms with van der Waals surface area (Å²) in [6.07, 6.45) is 1.72. The molecule has 0 radical (unpaired) electrons. The summed E-state index contributed by atoms with van der Waals surface area (Å²) in [6, 6.07) is 10.0. The number of rotatable bonds is 7. The van der Waals surface area contributed by atoms with E-state index in [1.165, 1.54) is 0 Å². The van der Waals surface area contributed by atoms with E-state index in [0.717, 1.165) is 0 Å². The van der Waals surface area contributed by atoms with Crippen LogP contribution in [0.15, 0.2) is 42.6 Å². The lowest BCUT2D eigenvalue weighted by Gasteiger charge is -2.19. The zero-order valence-electron chi connectivity index (χ0n) is 15.2. The molecule has 0 aliphatic carbocycles. The fourth-order valence-electron chi connectivity index (χ4n) is 2.50. The normalized spacial score (nSPS) is 10.3. The van der Waals surface area contributed by atoms with E-state index in [2.05, 4.69) is 5.32 Å². The van der Waals surface area contributed by atoms with Gasteiger partial charge in [-0.05, 0) is 44.2 Å². The molecular weight excluding hydrogens is 334 g/mol. The zero-order chi connectivity index (χ0) is 19.1. The smallest absolute Gasteiger partial charge is 0.355 e. The van der Waals surface area contributed by atoms with E-state index >= 15 is 0 Å². The Labute approximate surface area is 152 Å². The summed E-state index contributed by atoms with van der Waals surface area (Å²) < 4.78 is 6.62. The highest BCUT2D eigenvalue weighted by molar-refractivity contribution is 5.98. The number of esters is 1. The standard InChI is InChI=1S/C19H23N3O4/c1-4-22(5-2)18(24)14-8-6-9-15(12-14)20-17(23)13-26-19(25)16-10-7-11-21(16)3/h6-12H,4-5,13H2,1-3H3,(H,20,23). The van der Waals surface area contributed by atoms with E-state index < -0.39 is 18.5 Å². The zero-order valence-corrected chi connectivity index (χ0v) is 15.2. The lowest BCUT2D eigenvalue weighted by molar-refractivity contribution is -0.119. The van der Waals surface area contributed by atoms with Crippen molar-refractivity contribution in [1.29, 1.82) is 0 Å². The number of nitrogens with zero attached hydrogens (tertiary/aromatic N) is 2. The number of hydrogen-bond donors (Lipinski definition) is 1. The van der Waals surface area contributed by atoms with E-state index in [0.29, 0.717) is 30.0 Å². The molecule has 7 nitrogen and oxygen atoms in total. The Bertz CT molecular complexity index is 794. The maximum atomic E-state index is 12.4. The number of carbonyl (C=O) groups is 3. The molecule has 0 aliphatic rings. The summed E-state index contributed by atoms with van der Waals surface area (Å²) in [7, 11) is 1.72. The lowest BCUT2D eigenvalue weighted by atomic mass is 10.1. The second-order valence-electron chi connectivity index (χ2n) is 5.69. The number of anilines is 1. The molecule has 1 N–H and O–H groups in total. The summed E-state index contributed by atoms with van der Waals surface area (Å²) in [4.78, 5) is 38.0. The van der Waals surface area contributed by atoms with Crippen LogP contribution in [-0.4, -0.2) is 46.9 Å². The van der Waals surface area contributed by atoms with Crippen molar-refractivity contribution in [1.82, 2.24) is 9.47 Å². The van der Waals surface area contributed by atoms with Crippen molar-refractivity contribution < 1.29 is 19.1 Å². The van der Waals surface area contributed by atoms with Gasteiger partial charge in [-0.3, -0.25) is 9.59 Å². The van der Waals surface area contributed by atoms with Crippen LogP contribution in [-0.2, 0) is 16.6 Å². The third-order valence-electron chi connectivity index (χ3n) is 3.93. The molecule has 26 heavy (non-hydrogen) atoms. The summed E-state index contributed by atoms with van der Waals surface area (Å²) in [5.74, 6) is -1.14. The Morgan fingerprint density at radius 1 is 1.12 bits per heavy atom. The molecular formula is C19H23N3O4. The fraction of sp³-hybridized carbons (Fsp3) is 0.316. The van der Waals surface area contributed by atoms with Gasteiger partial charge in [-0.2, -0.15) is 0 Å². The summed E-state index contributed by atoms with van der Waals surface area (Å²) in [5, 5.41) is 2.63. The molecule has 0 spiro atoms. The first-order chi connectivity index (χ1) is 12.5. The first-order valence-corrected chi connectivity index (χ1v) is 8.43. The van der Waals surface area contributed by atoms with Crippen molar-refractivity contribution in [3.8, 4) is 0 Å². The minimum Gasteiger partial charge on any atom is -0.451 e. The minimum atomic E-state index is -0.571. The van der Waals surface area contributed by atoms with E-state index in [9.17, 15) is 14.4 Å². The quantitative estimate of drug-likeness (QED) is 0.771. The first kappa shape index (κ1) is 19.2. The summed E-state index contributed by atoms with van der Waals surface area (Å²) in [6.45, 7) is 4.64. The first-order valence-electron chi connectivity index (χ1n) is 8.43. The lowest BCUT2D eigenvalue weighted by Crippen LogP contribution is -2.30. The summed E-state index contributed by atoms with van der Waals surface area (Å²) in [5.41, 5.74) is 1.33. The van der Waals surface area contributed by atoms with Gasteiger partial charge in [0.1, 0.15) is 5.69 Å². The van der Waals surface area contributed by atoms with Gasteiger partial charge in [-0.25, -0.2) is 4.79 Å². The van der Waals surface area contributed by atoms with Gasteiger partial charge >= 0.3 is 5.97 Å². The van der Waals surface area contributed by atoms with Gasteiger partial charge in [0.25, 0.3) is 11.8 Å². The van der Waals surface area contributed by atoms with Crippen LogP contribution in [0.2, 0.25) is 0 Å². The number of carbonyl (C=O) groups excluding carboxylic acids is 3. The molecule has 0 saturated heterocycles. The van der Waals surface area contributed by atoms with Crippen molar-refractivity contribution in [3.05, 3.63) is 53.9 Å². The Balaban J connectivity index is 1.95. The Morgan fingerprint density at radius 3 is 2.46 bits per heavy atom. The highest BCUT2D eigenvalue weighted by atomic mass is 16.5. The van der Waals surface area contributed by atoms with Crippen LogP contribution in [0.3, 0.4) is 0 Å². The molecule has 0 aliphatic heterocycles. The SMILES string of the molecule is CCN(CC)C(=O)c1cccc(NC(=O)COC(=O)c2cccn2C)c1. The van der Waals surface area contributed by atoms with Crippen molar-refractivity contribution >= 4 is 23.5 Å². The second-order valence-corrected chi connectivity index (χ2v) is 5.69. The van der Waals surface area contributed by atoms with Crippen molar-refractivity contribution in [2.75, 3.05) is 25.0 Å². The molecule has 1 heterocycles. The molecule has 0 saturated carbocycles. The molecule has 2 rings (SSSR count). The Hall–Kier alpha value is -3.09. The predicted octanol–water partition coefficient (Wildman–Crippen LogP) is 2.30. The molecule has 0 bridgehead atoms. The Morgan fingerprint density at radius 2 is 1.85 bits per heavy atom. The molecule has 1 aromatic carbocycles. The average Bonchev–Trinajstić information content (AvgIpc) is 3.07. The topological polar surface area (TPSA) is 80.6 Å².